The number of nitrogens with zero attached hydrogens (tertiary/aromatic N) is 2. The Morgan fingerprint density at radius 3 is 2.38 bits per heavy atom. The number of alkyl carbamates (subject to hydrolysis) is 1. The minimum atomic E-state index is -0.956. The molecule has 1 fully saturated rings. The Labute approximate surface area is 214 Å². The number of nitriles is 1. The van der Waals surface area contributed by atoms with Crippen molar-refractivity contribution in [2.75, 3.05) is 44.8 Å². The SMILES string of the molecule is N#CCOC(=O)[C@H](CCN1CCOCC1)NC(=O)OCc1ccc(NC(=O)Cc2ccc(F)cc2)cc1. The number of morpholine rings is 1. The van der Waals surface area contributed by atoms with E-state index in [0.29, 0.717) is 43.0 Å². The van der Waals surface area contributed by atoms with E-state index in [2.05, 4.69) is 15.5 Å². The summed E-state index contributed by atoms with van der Waals surface area (Å²) in [6.07, 6.45) is -0.391. The zero-order chi connectivity index (χ0) is 26.5. The van der Waals surface area contributed by atoms with Crippen LogP contribution in [0.15, 0.2) is 48.5 Å². The van der Waals surface area contributed by atoms with Crippen molar-refractivity contribution in [3.63, 3.8) is 0 Å². The largest absolute Gasteiger partial charge is 0.449 e. The van der Waals surface area contributed by atoms with Crippen molar-refractivity contribution in [3.8, 4) is 6.07 Å². The number of halogens is 1. The molecule has 1 aliphatic heterocycles. The molecule has 0 aliphatic carbocycles. The lowest BCUT2D eigenvalue weighted by Gasteiger charge is -2.27. The molecule has 196 valence electrons. The molecule has 1 aliphatic rings. The van der Waals surface area contributed by atoms with Crippen molar-refractivity contribution in [3.05, 3.63) is 65.5 Å². The number of anilines is 1. The first kappa shape index (κ1) is 27.6. The highest BCUT2D eigenvalue weighted by Crippen LogP contribution is 2.12. The molecule has 2 N–H and O–H groups in total. The monoisotopic (exact) mass is 512 g/mol. The van der Waals surface area contributed by atoms with Crippen molar-refractivity contribution in [2.45, 2.75) is 25.5 Å². The average molecular weight is 513 g/mol. The molecule has 2 aromatic rings. The number of hydrogen-bond acceptors (Lipinski definition) is 8. The Morgan fingerprint density at radius 2 is 1.70 bits per heavy atom. The number of nitrogens with one attached hydrogen (secondary N) is 2. The summed E-state index contributed by atoms with van der Waals surface area (Å²) in [5.74, 6) is -1.31. The highest BCUT2D eigenvalue weighted by Gasteiger charge is 2.24. The molecule has 10 nitrogen and oxygen atoms in total. The van der Waals surface area contributed by atoms with Gasteiger partial charge in [0.2, 0.25) is 5.91 Å². The van der Waals surface area contributed by atoms with E-state index in [1.165, 1.54) is 12.1 Å². The molecule has 2 amide bonds. The summed E-state index contributed by atoms with van der Waals surface area (Å²) in [6.45, 7) is 2.76. The maximum absolute atomic E-state index is 13.0. The van der Waals surface area contributed by atoms with Crippen LogP contribution in [0, 0.1) is 17.1 Å². The Balaban J connectivity index is 1.45. The predicted molar refractivity (Wildman–Crippen MR) is 131 cm³/mol. The van der Waals surface area contributed by atoms with Gasteiger partial charge in [0.15, 0.2) is 6.61 Å². The molecular weight excluding hydrogens is 483 g/mol. The predicted octanol–water partition coefficient (Wildman–Crippen LogP) is 2.39. The van der Waals surface area contributed by atoms with Gasteiger partial charge in [-0.3, -0.25) is 9.69 Å². The molecular formula is C26H29FN4O6. The second-order valence-corrected chi connectivity index (χ2v) is 8.33. The van der Waals surface area contributed by atoms with E-state index in [1.54, 1.807) is 42.5 Å². The number of carbonyl (C=O) groups excluding carboxylic acids is 3. The minimum absolute atomic E-state index is 0.0565. The average Bonchev–Trinajstić information content (AvgIpc) is 2.91. The van der Waals surface area contributed by atoms with Gasteiger partial charge in [-0.25, -0.2) is 14.0 Å². The Hall–Kier alpha value is -4.01. The van der Waals surface area contributed by atoms with Crippen molar-refractivity contribution in [2.24, 2.45) is 0 Å². The van der Waals surface area contributed by atoms with E-state index in [1.807, 2.05) is 0 Å². The first-order valence-electron chi connectivity index (χ1n) is 11.8. The molecule has 0 bridgehead atoms. The number of rotatable bonds is 11. The summed E-state index contributed by atoms with van der Waals surface area (Å²) in [5.41, 5.74) is 1.92. The maximum atomic E-state index is 13.0. The fraction of sp³-hybridized carbons (Fsp3) is 0.385. The zero-order valence-electron chi connectivity index (χ0n) is 20.3. The zero-order valence-corrected chi connectivity index (χ0v) is 20.3. The van der Waals surface area contributed by atoms with Gasteiger partial charge in [0.25, 0.3) is 0 Å². The molecule has 11 heteroatoms. The van der Waals surface area contributed by atoms with Crippen LogP contribution in [0.5, 0.6) is 0 Å². The first-order chi connectivity index (χ1) is 17.9. The third-order valence-electron chi connectivity index (χ3n) is 5.58. The number of ether oxygens (including phenoxy) is 3. The number of amides is 2. The summed E-state index contributed by atoms with van der Waals surface area (Å²) in [4.78, 5) is 39.0. The Kier molecular flexibility index (Phi) is 10.8. The number of esters is 1. The number of carbonyl (C=O) groups is 3. The minimum Gasteiger partial charge on any atom is -0.449 e. The summed E-state index contributed by atoms with van der Waals surface area (Å²) in [7, 11) is 0. The summed E-state index contributed by atoms with van der Waals surface area (Å²) < 4.78 is 28.4. The van der Waals surface area contributed by atoms with Crippen LogP contribution in [0.1, 0.15) is 17.5 Å². The first-order valence-corrected chi connectivity index (χ1v) is 11.8. The van der Waals surface area contributed by atoms with Crippen LogP contribution in [0.3, 0.4) is 0 Å². The third kappa shape index (κ3) is 9.87. The van der Waals surface area contributed by atoms with Crippen LogP contribution in [0.2, 0.25) is 0 Å². The quantitative estimate of drug-likeness (QED) is 0.439. The highest BCUT2D eigenvalue weighted by atomic mass is 19.1. The maximum Gasteiger partial charge on any atom is 0.408 e. The van der Waals surface area contributed by atoms with Gasteiger partial charge in [0.05, 0.1) is 19.6 Å². The van der Waals surface area contributed by atoms with Crippen LogP contribution in [0.4, 0.5) is 14.9 Å². The summed E-state index contributed by atoms with van der Waals surface area (Å²) >= 11 is 0. The van der Waals surface area contributed by atoms with Crippen molar-refractivity contribution in [1.82, 2.24) is 10.2 Å². The summed E-state index contributed by atoms with van der Waals surface area (Å²) in [5, 5.41) is 13.9. The lowest BCUT2D eigenvalue weighted by atomic mass is 10.1. The van der Waals surface area contributed by atoms with Crippen LogP contribution in [-0.2, 0) is 36.8 Å². The molecule has 1 heterocycles. The van der Waals surface area contributed by atoms with Gasteiger partial charge < -0.3 is 24.8 Å². The van der Waals surface area contributed by atoms with E-state index >= 15 is 0 Å². The Bertz CT molecular complexity index is 1080. The smallest absolute Gasteiger partial charge is 0.408 e. The topological polar surface area (TPSA) is 130 Å². The molecule has 0 spiro atoms. The molecule has 0 aromatic heterocycles. The number of benzene rings is 2. The normalized spacial score (nSPS) is 14.2. The van der Waals surface area contributed by atoms with Crippen molar-refractivity contribution < 1.29 is 33.0 Å². The van der Waals surface area contributed by atoms with E-state index in [9.17, 15) is 18.8 Å². The van der Waals surface area contributed by atoms with Crippen LogP contribution >= 0.6 is 0 Å². The molecule has 0 saturated carbocycles. The molecule has 37 heavy (non-hydrogen) atoms. The van der Waals surface area contributed by atoms with Gasteiger partial charge in [0, 0.05) is 25.3 Å². The van der Waals surface area contributed by atoms with Gasteiger partial charge in [-0.2, -0.15) is 5.26 Å². The lowest BCUT2D eigenvalue weighted by molar-refractivity contribution is -0.145. The van der Waals surface area contributed by atoms with Gasteiger partial charge in [-0.15, -0.1) is 0 Å². The summed E-state index contributed by atoms with van der Waals surface area (Å²) in [6, 6.07) is 13.2. The third-order valence-corrected chi connectivity index (χ3v) is 5.58. The molecule has 0 radical (unpaired) electrons. The molecule has 3 rings (SSSR count). The van der Waals surface area contributed by atoms with Crippen molar-refractivity contribution >= 4 is 23.7 Å². The van der Waals surface area contributed by atoms with Crippen LogP contribution < -0.4 is 10.6 Å². The van der Waals surface area contributed by atoms with E-state index < -0.39 is 24.7 Å². The standard InChI is InChI=1S/C26H29FN4O6/c27-21-5-1-19(2-6-21)17-24(32)29-22-7-3-20(4-8-22)18-37-26(34)30-23(25(33)36-14-10-28)9-11-31-12-15-35-16-13-31/h1-8,23H,9,11-18H2,(H,29,32)(H,30,34)/t23-/m0/s1. The molecule has 1 saturated heterocycles. The highest BCUT2D eigenvalue weighted by molar-refractivity contribution is 5.92. The molecule has 1 atom stereocenters. The number of hydrogen-bond donors (Lipinski definition) is 2. The van der Waals surface area contributed by atoms with Gasteiger partial charge in [-0.05, 0) is 41.8 Å². The Morgan fingerprint density at radius 1 is 1.03 bits per heavy atom. The fourth-order valence-corrected chi connectivity index (χ4v) is 3.60. The van der Waals surface area contributed by atoms with Gasteiger partial charge >= 0.3 is 12.1 Å². The van der Waals surface area contributed by atoms with E-state index in [0.717, 1.165) is 13.1 Å². The fourth-order valence-electron chi connectivity index (χ4n) is 3.60. The molecule has 2 aromatic carbocycles. The lowest BCUT2D eigenvalue weighted by Crippen LogP contribution is -2.45. The van der Waals surface area contributed by atoms with Crippen LogP contribution in [-0.4, -0.2) is 68.4 Å². The van der Waals surface area contributed by atoms with Crippen molar-refractivity contribution in [1.29, 1.82) is 5.26 Å². The van der Waals surface area contributed by atoms with Gasteiger partial charge in [0.1, 0.15) is 24.5 Å². The van der Waals surface area contributed by atoms with Crippen LogP contribution in [0.25, 0.3) is 0 Å². The van der Waals surface area contributed by atoms with Gasteiger partial charge in [-0.1, -0.05) is 24.3 Å². The van der Waals surface area contributed by atoms with E-state index in [4.69, 9.17) is 19.5 Å². The molecule has 0 unspecified atom stereocenters. The van der Waals surface area contributed by atoms with E-state index in [-0.39, 0.29) is 24.8 Å². The second-order valence-electron chi connectivity index (χ2n) is 8.33. The second kappa shape index (κ2) is 14.5.